The van der Waals surface area contributed by atoms with Crippen molar-refractivity contribution in [2.24, 2.45) is 0 Å². The highest BCUT2D eigenvalue weighted by molar-refractivity contribution is 7.98. The van der Waals surface area contributed by atoms with E-state index in [1.807, 2.05) is 11.8 Å². The second kappa shape index (κ2) is 6.74. The van der Waals surface area contributed by atoms with Gasteiger partial charge in [-0.15, -0.1) is 0 Å². The van der Waals surface area contributed by atoms with Gasteiger partial charge in [-0.1, -0.05) is 19.1 Å². The monoisotopic (exact) mass is 173 g/mol. The highest BCUT2D eigenvalue weighted by atomic mass is 32.2. The van der Waals surface area contributed by atoms with Crippen molar-refractivity contribution >= 4 is 11.8 Å². The van der Waals surface area contributed by atoms with Crippen LogP contribution in [-0.2, 0) is 0 Å². The second-order valence-corrected chi connectivity index (χ2v) is 3.72. The molecule has 0 fully saturated rings. The molecule has 0 aromatic carbocycles. The largest absolute Gasteiger partial charge is 0.310 e. The van der Waals surface area contributed by atoms with E-state index in [1.54, 1.807) is 0 Å². The third-order valence-corrected chi connectivity index (χ3v) is 2.24. The molecule has 0 aromatic heterocycles. The minimum absolute atomic E-state index is 0.505. The van der Waals surface area contributed by atoms with Gasteiger partial charge in [0.25, 0.3) is 0 Å². The predicted octanol–water partition coefficient (Wildman–Crippen LogP) is 2.29. The lowest BCUT2D eigenvalue weighted by Gasteiger charge is -2.16. The molecule has 0 rings (SSSR count). The summed E-state index contributed by atoms with van der Waals surface area (Å²) in [6, 6.07) is 0.505. The number of hydrogen-bond acceptors (Lipinski definition) is 2. The third kappa shape index (κ3) is 5.33. The molecule has 0 bridgehead atoms. The fourth-order valence-corrected chi connectivity index (χ4v) is 1.60. The first-order valence-corrected chi connectivity index (χ1v) is 5.49. The minimum Gasteiger partial charge on any atom is -0.310 e. The van der Waals surface area contributed by atoms with Gasteiger partial charge in [0.2, 0.25) is 0 Å². The normalized spacial score (nSPS) is 13.0. The maximum atomic E-state index is 3.95. The molecule has 1 N–H and O–H groups in total. The van der Waals surface area contributed by atoms with Gasteiger partial charge >= 0.3 is 0 Å². The van der Waals surface area contributed by atoms with Crippen LogP contribution < -0.4 is 5.32 Å². The first-order valence-electron chi connectivity index (χ1n) is 4.10. The van der Waals surface area contributed by atoms with Crippen molar-refractivity contribution < 1.29 is 0 Å². The van der Waals surface area contributed by atoms with Gasteiger partial charge in [-0.05, 0) is 26.1 Å². The van der Waals surface area contributed by atoms with Gasteiger partial charge in [0, 0.05) is 11.8 Å². The lowest BCUT2D eigenvalue weighted by Crippen LogP contribution is -2.32. The van der Waals surface area contributed by atoms with Crippen LogP contribution in [0, 0.1) is 0 Å². The Balaban J connectivity index is 3.60. The van der Waals surface area contributed by atoms with Crippen molar-refractivity contribution in [3.05, 3.63) is 12.2 Å². The Morgan fingerprint density at radius 1 is 1.64 bits per heavy atom. The maximum absolute atomic E-state index is 3.95. The van der Waals surface area contributed by atoms with Crippen molar-refractivity contribution in [1.82, 2.24) is 5.32 Å². The molecule has 0 aliphatic carbocycles. The summed E-state index contributed by atoms with van der Waals surface area (Å²) in [7, 11) is 0. The van der Waals surface area contributed by atoms with Crippen molar-refractivity contribution in [3.63, 3.8) is 0 Å². The van der Waals surface area contributed by atoms with E-state index in [2.05, 4.69) is 32.0 Å². The van der Waals surface area contributed by atoms with Crippen LogP contribution in [0.25, 0.3) is 0 Å². The van der Waals surface area contributed by atoms with Gasteiger partial charge in [0.1, 0.15) is 0 Å². The fourth-order valence-electron chi connectivity index (χ4n) is 0.861. The summed E-state index contributed by atoms with van der Waals surface area (Å²) in [5.74, 6) is 1.13. The fraction of sp³-hybridized carbons (Fsp3) is 0.778. The molecule has 0 saturated heterocycles. The number of rotatable bonds is 6. The molecule has 0 heterocycles. The molecule has 0 aromatic rings. The lowest BCUT2D eigenvalue weighted by molar-refractivity contribution is 0.609. The van der Waals surface area contributed by atoms with Crippen LogP contribution in [0.4, 0.5) is 0 Å². The highest BCUT2D eigenvalue weighted by Gasteiger charge is 2.05. The molecular weight excluding hydrogens is 154 g/mol. The Morgan fingerprint density at radius 3 is 2.64 bits per heavy atom. The van der Waals surface area contributed by atoms with E-state index in [9.17, 15) is 0 Å². The number of thioether (sulfide) groups is 1. The predicted molar refractivity (Wildman–Crippen MR) is 55.3 cm³/mol. The molecule has 1 unspecified atom stereocenters. The minimum atomic E-state index is 0.505. The molecule has 11 heavy (non-hydrogen) atoms. The van der Waals surface area contributed by atoms with Crippen LogP contribution in [-0.4, -0.2) is 24.6 Å². The van der Waals surface area contributed by atoms with Crippen molar-refractivity contribution in [2.75, 3.05) is 18.6 Å². The molecule has 0 aliphatic heterocycles. The van der Waals surface area contributed by atoms with Crippen molar-refractivity contribution in [2.45, 2.75) is 26.3 Å². The van der Waals surface area contributed by atoms with E-state index in [0.29, 0.717) is 6.04 Å². The molecule has 0 amide bonds. The van der Waals surface area contributed by atoms with Crippen molar-refractivity contribution in [1.29, 1.82) is 0 Å². The van der Waals surface area contributed by atoms with E-state index >= 15 is 0 Å². The third-order valence-electron chi connectivity index (χ3n) is 1.57. The molecule has 0 saturated carbocycles. The Hall–Kier alpha value is 0.0500. The van der Waals surface area contributed by atoms with E-state index in [1.165, 1.54) is 12.0 Å². The zero-order valence-electron chi connectivity index (χ0n) is 7.81. The van der Waals surface area contributed by atoms with Crippen LogP contribution in [0.2, 0.25) is 0 Å². The van der Waals surface area contributed by atoms with E-state index in [-0.39, 0.29) is 0 Å². The van der Waals surface area contributed by atoms with E-state index < -0.39 is 0 Å². The van der Waals surface area contributed by atoms with Crippen LogP contribution in [0.5, 0.6) is 0 Å². The smallest absolute Gasteiger partial charge is 0.0365 e. The molecule has 0 radical (unpaired) electrons. The van der Waals surface area contributed by atoms with Gasteiger partial charge in [-0.3, -0.25) is 0 Å². The van der Waals surface area contributed by atoms with Gasteiger partial charge in [-0.2, -0.15) is 11.8 Å². The molecular formula is C9H19NS. The summed E-state index contributed by atoms with van der Waals surface area (Å²) < 4.78 is 0. The Labute approximate surface area is 74.6 Å². The Bertz CT molecular complexity index is 112. The summed E-state index contributed by atoms with van der Waals surface area (Å²) in [4.78, 5) is 0. The molecule has 0 aliphatic rings. The summed E-state index contributed by atoms with van der Waals surface area (Å²) in [5, 5.41) is 3.45. The highest BCUT2D eigenvalue weighted by Crippen LogP contribution is 2.04. The molecule has 1 atom stereocenters. The summed E-state index contributed by atoms with van der Waals surface area (Å²) >= 11 is 1.87. The Morgan fingerprint density at radius 2 is 2.27 bits per heavy atom. The standard InChI is InChI=1S/C9H19NS/c1-5-6-10-9(7-11-4)8(2)3/h9-10H,2,5-7H2,1,3-4H3. The molecule has 2 heteroatoms. The zero-order chi connectivity index (χ0) is 8.69. The average molecular weight is 173 g/mol. The van der Waals surface area contributed by atoms with Gasteiger partial charge in [-0.25, -0.2) is 0 Å². The van der Waals surface area contributed by atoms with Gasteiger partial charge in [0.15, 0.2) is 0 Å². The summed E-state index contributed by atoms with van der Waals surface area (Å²) in [6.45, 7) is 9.32. The molecule has 0 spiro atoms. The molecule has 66 valence electrons. The SMILES string of the molecule is C=C(C)C(CSC)NCCC. The van der Waals surface area contributed by atoms with Gasteiger partial charge in [0.05, 0.1) is 0 Å². The molecule has 1 nitrogen and oxygen atoms in total. The van der Waals surface area contributed by atoms with Crippen LogP contribution in [0.3, 0.4) is 0 Å². The van der Waals surface area contributed by atoms with Crippen molar-refractivity contribution in [3.8, 4) is 0 Å². The first kappa shape index (κ1) is 11.1. The topological polar surface area (TPSA) is 12.0 Å². The van der Waals surface area contributed by atoms with Crippen LogP contribution >= 0.6 is 11.8 Å². The zero-order valence-corrected chi connectivity index (χ0v) is 8.63. The first-order chi connectivity index (χ1) is 5.22. The Kier molecular flexibility index (Phi) is 6.77. The summed E-state index contributed by atoms with van der Waals surface area (Å²) in [6.07, 6.45) is 3.32. The van der Waals surface area contributed by atoms with E-state index in [0.717, 1.165) is 12.3 Å². The van der Waals surface area contributed by atoms with Gasteiger partial charge < -0.3 is 5.32 Å². The second-order valence-electron chi connectivity index (χ2n) is 2.81. The maximum Gasteiger partial charge on any atom is 0.0365 e. The quantitative estimate of drug-likeness (QED) is 0.619. The van der Waals surface area contributed by atoms with E-state index in [4.69, 9.17) is 0 Å². The average Bonchev–Trinajstić information content (AvgIpc) is 1.97. The number of hydrogen-bond donors (Lipinski definition) is 1. The summed E-state index contributed by atoms with van der Waals surface area (Å²) in [5.41, 5.74) is 1.24. The number of nitrogens with one attached hydrogen (secondary N) is 1. The van der Waals surface area contributed by atoms with Crippen LogP contribution in [0.1, 0.15) is 20.3 Å². The van der Waals surface area contributed by atoms with Crippen LogP contribution in [0.15, 0.2) is 12.2 Å². The lowest BCUT2D eigenvalue weighted by atomic mass is 10.2.